The van der Waals surface area contributed by atoms with E-state index in [1.807, 2.05) is 13.8 Å². The molecule has 0 saturated carbocycles. The van der Waals surface area contributed by atoms with Crippen LogP contribution in [0.15, 0.2) is 18.2 Å². The lowest BCUT2D eigenvalue weighted by atomic mass is 10.1. The normalized spacial score (nSPS) is 10.1. The third-order valence-corrected chi connectivity index (χ3v) is 2.13. The van der Waals surface area contributed by atoms with E-state index in [1.165, 1.54) is 0 Å². The minimum atomic E-state index is -4.72. The van der Waals surface area contributed by atoms with Crippen LogP contribution in [0.25, 0.3) is 0 Å². The molecule has 0 aliphatic carbocycles. The molecule has 0 radical (unpaired) electrons. The number of esters is 2. The first-order valence-electron chi connectivity index (χ1n) is 6.45. The van der Waals surface area contributed by atoms with Crippen molar-refractivity contribution >= 4 is 11.9 Å². The molecule has 0 aromatic heterocycles. The van der Waals surface area contributed by atoms with E-state index in [0.717, 1.165) is 13.0 Å². The van der Waals surface area contributed by atoms with Gasteiger partial charge in [-0.05, 0) is 18.2 Å². The number of benzene rings is 1. The van der Waals surface area contributed by atoms with Crippen molar-refractivity contribution in [3.63, 3.8) is 0 Å². The van der Waals surface area contributed by atoms with Gasteiger partial charge in [-0.1, -0.05) is 13.8 Å². The van der Waals surface area contributed by atoms with E-state index in [0.29, 0.717) is 12.1 Å². The molecule has 134 valence electrons. The Morgan fingerprint density at radius 3 is 2.29 bits per heavy atom. The standard InChI is InChI=1S/C11H8F3NO7.C2H6/c1-6(16)22-9-4-7(11(12,13)14)2-3-8(9)10(17)20-5-21-15(18)19;1-2/h2-4H,5H2,1H3;1-2H3. The van der Waals surface area contributed by atoms with Crippen LogP contribution in [0.1, 0.15) is 36.7 Å². The Morgan fingerprint density at radius 2 is 1.83 bits per heavy atom. The SMILES string of the molecule is CC.CC(=O)Oc1cc(C(F)(F)F)ccc1C(=O)OCO[N+](=O)[O-]. The Balaban J connectivity index is 0.00000254. The largest absolute Gasteiger partial charge is 0.434 e. The summed E-state index contributed by atoms with van der Waals surface area (Å²) in [5, 5.41) is 8.65. The van der Waals surface area contributed by atoms with Crippen molar-refractivity contribution in [2.24, 2.45) is 0 Å². The quantitative estimate of drug-likeness (QED) is 0.263. The summed E-state index contributed by atoms with van der Waals surface area (Å²) in [7, 11) is 0. The van der Waals surface area contributed by atoms with Crippen LogP contribution in [0.4, 0.5) is 13.2 Å². The molecule has 0 atom stereocenters. The van der Waals surface area contributed by atoms with Gasteiger partial charge in [-0.3, -0.25) is 9.63 Å². The van der Waals surface area contributed by atoms with Crippen molar-refractivity contribution in [2.75, 3.05) is 6.79 Å². The second kappa shape index (κ2) is 9.33. The van der Waals surface area contributed by atoms with E-state index in [2.05, 4.69) is 14.3 Å². The molecule has 0 aliphatic heterocycles. The molecule has 1 rings (SSSR count). The average molecular weight is 353 g/mol. The monoisotopic (exact) mass is 353 g/mol. The zero-order chi connectivity index (χ0) is 18.9. The summed E-state index contributed by atoms with van der Waals surface area (Å²) in [5.41, 5.74) is -1.67. The maximum absolute atomic E-state index is 12.6. The molecule has 1 aromatic carbocycles. The van der Waals surface area contributed by atoms with Gasteiger partial charge < -0.3 is 9.47 Å². The second-order valence-electron chi connectivity index (χ2n) is 3.70. The lowest BCUT2D eigenvalue weighted by molar-refractivity contribution is -0.765. The van der Waals surface area contributed by atoms with Crippen LogP contribution in [0.2, 0.25) is 0 Å². The van der Waals surface area contributed by atoms with Gasteiger partial charge in [0.1, 0.15) is 11.3 Å². The van der Waals surface area contributed by atoms with Crippen LogP contribution < -0.4 is 4.74 Å². The fraction of sp³-hybridized carbons (Fsp3) is 0.385. The lowest BCUT2D eigenvalue weighted by Crippen LogP contribution is -2.15. The molecule has 0 heterocycles. The first kappa shape index (κ1) is 21.1. The summed E-state index contributed by atoms with van der Waals surface area (Å²) in [6.45, 7) is 3.86. The van der Waals surface area contributed by atoms with Crippen molar-refractivity contribution in [3.8, 4) is 5.75 Å². The number of hydrogen-bond donors (Lipinski definition) is 0. The summed E-state index contributed by atoms with van der Waals surface area (Å²) in [6.07, 6.45) is -4.72. The first-order chi connectivity index (χ1) is 11.1. The molecule has 0 fully saturated rings. The first-order valence-corrected chi connectivity index (χ1v) is 6.45. The van der Waals surface area contributed by atoms with Gasteiger partial charge in [0.05, 0.1) is 5.56 Å². The molecule has 24 heavy (non-hydrogen) atoms. The highest BCUT2D eigenvalue weighted by molar-refractivity contribution is 5.93. The van der Waals surface area contributed by atoms with E-state index >= 15 is 0 Å². The topological polar surface area (TPSA) is 105 Å². The predicted octanol–water partition coefficient (Wildman–Crippen LogP) is 2.98. The number of rotatable bonds is 5. The summed E-state index contributed by atoms with van der Waals surface area (Å²) in [5.74, 6) is -2.91. The van der Waals surface area contributed by atoms with Crippen LogP contribution in [0, 0.1) is 10.1 Å². The molecule has 0 saturated heterocycles. The zero-order valence-electron chi connectivity index (χ0n) is 12.9. The van der Waals surface area contributed by atoms with Gasteiger partial charge in [-0.15, -0.1) is 10.1 Å². The Morgan fingerprint density at radius 1 is 1.25 bits per heavy atom. The highest BCUT2D eigenvalue weighted by atomic mass is 19.4. The number of nitrogens with zero attached hydrogens (tertiary/aromatic N) is 1. The molecule has 0 unspecified atom stereocenters. The highest BCUT2D eigenvalue weighted by Gasteiger charge is 2.32. The van der Waals surface area contributed by atoms with E-state index in [9.17, 15) is 32.9 Å². The molecule has 0 bridgehead atoms. The van der Waals surface area contributed by atoms with Crippen LogP contribution in [-0.2, 0) is 20.5 Å². The van der Waals surface area contributed by atoms with E-state index in [4.69, 9.17) is 0 Å². The van der Waals surface area contributed by atoms with Crippen molar-refractivity contribution in [2.45, 2.75) is 26.9 Å². The van der Waals surface area contributed by atoms with Gasteiger partial charge in [0.2, 0.25) is 6.79 Å². The molecule has 8 nitrogen and oxygen atoms in total. The third-order valence-electron chi connectivity index (χ3n) is 2.13. The van der Waals surface area contributed by atoms with Crippen molar-refractivity contribution in [3.05, 3.63) is 39.4 Å². The number of carbonyl (C=O) groups is 2. The van der Waals surface area contributed by atoms with Gasteiger partial charge >= 0.3 is 18.1 Å². The minimum Gasteiger partial charge on any atom is -0.434 e. The molecule has 0 N–H and O–H groups in total. The van der Waals surface area contributed by atoms with Gasteiger partial charge in [0, 0.05) is 6.92 Å². The zero-order valence-corrected chi connectivity index (χ0v) is 12.9. The number of ether oxygens (including phenoxy) is 2. The minimum absolute atomic E-state index is 0.437. The van der Waals surface area contributed by atoms with E-state index < -0.39 is 46.9 Å². The molecule has 0 aliphatic rings. The summed E-state index contributed by atoms with van der Waals surface area (Å²) in [6, 6.07) is 1.72. The Kier molecular flexibility index (Phi) is 8.22. The fourth-order valence-electron chi connectivity index (χ4n) is 1.31. The number of carbonyl (C=O) groups excluding carboxylic acids is 2. The van der Waals surface area contributed by atoms with Crippen molar-refractivity contribution in [1.29, 1.82) is 0 Å². The van der Waals surface area contributed by atoms with Crippen LogP contribution in [0.3, 0.4) is 0 Å². The predicted molar refractivity (Wildman–Crippen MR) is 72.5 cm³/mol. The maximum atomic E-state index is 12.6. The van der Waals surface area contributed by atoms with Crippen LogP contribution in [0.5, 0.6) is 5.75 Å². The maximum Gasteiger partial charge on any atom is 0.416 e. The van der Waals surface area contributed by atoms with Gasteiger partial charge in [-0.25, -0.2) is 4.79 Å². The molecular formula is C13H14F3NO7. The number of hydrogen-bond acceptors (Lipinski definition) is 7. The lowest BCUT2D eigenvalue weighted by Gasteiger charge is -2.12. The second-order valence-corrected chi connectivity index (χ2v) is 3.70. The summed E-state index contributed by atoms with van der Waals surface area (Å²) < 4.78 is 46.6. The summed E-state index contributed by atoms with van der Waals surface area (Å²) in [4.78, 5) is 36.1. The Hall–Kier alpha value is -2.85. The van der Waals surface area contributed by atoms with Gasteiger partial charge in [0.25, 0.3) is 5.09 Å². The molecule has 1 aromatic rings. The Bertz CT molecular complexity index is 602. The van der Waals surface area contributed by atoms with Crippen LogP contribution in [-0.4, -0.2) is 23.8 Å². The van der Waals surface area contributed by atoms with E-state index in [1.54, 1.807) is 0 Å². The average Bonchev–Trinajstić information content (AvgIpc) is 2.47. The number of halogens is 3. The highest BCUT2D eigenvalue weighted by Crippen LogP contribution is 2.33. The van der Waals surface area contributed by atoms with Crippen LogP contribution >= 0.6 is 0 Å². The van der Waals surface area contributed by atoms with Gasteiger partial charge in [0.15, 0.2) is 0 Å². The third kappa shape index (κ3) is 6.94. The van der Waals surface area contributed by atoms with Gasteiger partial charge in [-0.2, -0.15) is 13.2 Å². The van der Waals surface area contributed by atoms with E-state index in [-0.39, 0.29) is 0 Å². The smallest absolute Gasteiger partial charge is 0.416 e. The summed E-state index contributed by atoms with van der Waals surface area (Å²) >= 11 is 0. The molecular weight excluding hydrogens is 339 g/mol. The molecule has 11 heteroatoms. The fourth-order valence-corrected chi connectivity index (χ4v) is 1.31. The molecule has 0 amide bonds. The van der Waals surface area contributed by atoms with Crippen molar-refractivity contribution < 1.29 is 42.2 Å². The Labute approximate surface area is 134 Å². The molecule has 0 spiro atoms. The van der Waals surface area contributed by atoms with Crippen molar-refractivity contribution in [1.82, 2.24) is 0 Å². The number of alkyl halides is 3.